The fourth-order valence-electron chi connectivity index (χ4n) is 1.64. The zero-order valence-electron chi connectivity index (χ0n) is 11.3. The van der Waals surface area contributed by atoms with E-state index < -0.39 is 0 Å². The SMILES string of the molecule is CCCNc1nc(OCC)nc(N(C)C2CC2)n1. The van der Waals surface area contributed by atoms with Crippen LogP contribution in [-0.4, -0.2) is 41.2 Å². The Morgan fingerprint density at radius 1 is 1.28 bits per heavy atom. The van der Waals surface area contributed by atoms with E-state index in [9.17, 15) is 0 Å². The van der Waals surface area contributed by atoms with Gasteiger partial charge in [-0.2, -0.15) is 15.0 Å². The van der Waals surface area contributed by atoms with Crippen LogP contribution in [0, 0.1) is 0 Å². The van der Waals surface area contributed by atoms with E-state index in [4.69, 9.17) is 4.74 Å². The Hall–Kier alpha value is -1.59. The quantitative estimate of drug-likeness (QED) is 0.795. The lowest BCUT2D eigenvalue weighted by atomic mass is 10.5. The highest BCUT2D eigenvalue weighted by molar-refractivity contribution is 5.39. The first-order valence-electron chi connectivity index (χ1n) is 6.60. The molecule has 0 radical (unpaired) electrons. The van der Waals surface area contributed by atoms with Gasteiger partial charge in [0.2, 0.25) is 11.9 Å². The molecule has 1 aromatic rings. The molecule has 1 fully saturated rings. The van der Waals surface area contributed by atoms with Gasteiger partial charge < -0.3 is 15.0 Å². The molecule has 1 aromatic heterocycles. The summed E-state index contributed by atoms with van der Waals surface area (Å²) < 4.78 is 5.39. The van der Waals surface area contributed by atoms with Crippen LogP contribution in [-0.2, 0) is 0 Å². The summed E-state index contributed by atoms with van der Waals surface area (Å²) >= 11 is 0. The summed E-state index contributed by atoms with van der Waals surface area (Å²) in [6.07, 6.45) is 3.46. The third-order valence-electron chi connectivity index (χ3n) is 2.82. The highest BCUT2D eigenvalue weighted by Gasteiger charge is 2.28. The maximum atomic E-state index is 5.39. The maximum Gasteiger partial charge on any atom is 0.323 e. The van der Waals surface area contributed by atoms with Crippen molar-refractivity contribution in [3.63, 3.8) is 0 Å². The summed E-state index contributed by atoms with van der Waals surface area (Å²) in [5.41, 5.74) is 0. The van der Waals surface area contributed by atoms with Crippen LogP contribution in [0.25, 0.3) is 0 Å². The van der Waals surface area contributed by atoms with Crippen LogP contribution in [0.4, 0.5) is 11.9 Å². The number of hydrogen-bond donors (Lipinski definition) is 1. The largest absolute Gasteiger partial charge is 0.464 e. The molecule has 0 unspecified atom stereocenters. The van der Waals surface area contributed by atoms with Crippen molar-refractivity contribution in [3.8, 4) is 6.01 Å². The number of nitrogens with one attached hydrogen (secondary N) is 1. The van der Waals surface area contributed by atoms with Crippen molar-refractivity contribution in [1.29, 1.82) is 0 Å². The molecule has 18 heavy (non-hydrogen) atoms. The molecule has 1 saturated carbocycles. The van der Waals surface area contributed by atoms with Crippen LogP contribution in [0.3, 0.4) is 0 Å². The molecule has 6 nitrogen and oxygen atoms in total. The van der Waals surface area contributed by atoms with Crippen molar-refractivity contribution in [2.24, 2.45) is 0 Å². The summed E-state index contributed by atoms with van der Waals surface area (Å²) in [5.74, 6) is 1.28. The lowest BCUT2D eigenvalue weighted by Crippen LogP contribution is -2.23. The molecule has 0 aromatic carbocycles. The summed E-state index contributed by atoms with van der Waals surface area (Å²) in [6, 6.07) is 0.967. The van der Waals surface area contributed by atoms with E-state index in [1.165, 1.54) is 12.8 Å². The second-order valence-corrected chi connectivity index (χ2v) is 4.44. The minimum Gasteiger partial charge on any atom is -0.464 e. The van der Waals surface area contributed by atoms with Gasteiger partial charge in [-0.3, -0.25) is 0 Å². The smallest absolute Gasteiger partial charge is 0.323 e. The number of ether oxygens (including phenoxy) is 1. The van der Waals surface area contributed by atoms with Crippen molar-refractivity contribution in [1.82, 2.24) is 15.0 Å². The van der Waals surface area contributed by atoms with Gasteiger partial charge in [0.1, 0.15) is 0 Å². The number of anilines is 2. The summed E-state index contributed by atoms with van der Waals surface area (Å²) in [5, 5.41) is 3.18. The first-order chi connectivity index (χ1) is 8.74. The monoisotopic (exact) mass is 251 g/mol. The van der Waals surface area contributed by atoms with Crippen LogP contribution >= 0.6 is 0 Å². The Morgan fingerprint density at radius 2 is 2.06 bits per heavy atom. The lowest BCUT2D eigenvalue weighted by molar-refractivity contribution is 0.312. The zero-order valence-corrected chi connectivity index (χ0v) is 11.3. The Morgan fingerprint density at radius 3 is 2.67 bits per heavy atom. The van der Waals surface area contributed by atoms with Crippen molar-refractivity contribution in [3.05, 3.63) is 0 Å². The van der Waals surface area contributed by atoms with E-state index in [0.717, 1.165) is 13.0 Å². The highest BCUT2D eigenvalue weighted by atomic mass is 16.5. The van der Waals surface area contributed by atoms with Gasteiger partial charge >= 0.3 is 6.01 Å². The number of hydrogen-bond acceptors (Lipinski definition) is 6. The molecule has 6 heteroatoms. The fourth-order valence-corrected chi connectivity index (χ4v) is 1.64. The standard InChI is InChI=1S/C12H21N5O/c1-4-8-13-10-14-11(17(3)9-6-7-9)16-12(15-10)18-5-2/h9H,4-8H2,1-3H3,(H,13,14,15,16). The molecule has 2 rings (SSSR count). The Kier molecular flexibility index (Phi) is 4.17. The second-order valence-electron chi connectivity index (χ2n) is 4.44. The van der Waals surface area contributed by atoms with Gasteiger partial charge in [-0.05, 0) is 26.2 Å². The molecule has 0 amide bonds. The van der Waals surface area contributed by atoms with Crippen LogP contribution < -0.4 is 15.0 Å². The third kappa shape index (κ3) is 3.21. The van der Waals surface area contributed by atoms with Gasteiger partial charge in [-0.1, -0.05) is 6.92 Å². The lowest BCUT2D eigenvalue weighted by Gasteiger charge is -2.17. The predicted octanol–water partition coefficient (Wildman–Crippen LogP) is 1.69. The average molecular weight is 251 g/mol. The van der Waals surface area contributed by atoms with Crippen molar-refractivity contribution in [2.75, 3.05) is 30.4 Å². The molecular formula is C12H21N5O. The van der Waals surface area contributed by atoms with Gasteiger partial charge in [0.15, 0.2) is 0 Å². The molecular weight excluding hydrogens is 230 g/mol. The van der Waals surface area contributed by atoms with E-state index in [0.29, 0.717) is 30.6 Å². The molecule has 100 valence electrons. The Balaban J connectivity index is 2.17. The Labute approximate surface area is 108 Å². The van der Waals surface area contributed by atoms with Crippen LogP contribution in [0.5, 0.6) is 6.01 Å². The van der Waals surface area contributed by atoms with Crippen molar-refractivity contribution < 1.29 is 4.74 Å². The molecule has 1 aliphatic rings. The molecule has 1 N–H and O–H groups in total. The fraction of sp³-hybridized carbons (Fsp3) is 0.750. The minimum atomic E-state index is 0.397. The average Bonchev–Trinajstić information content (AvgIpc) is 3.20. The first kappa shape index (κ1) is 12.9. The number of rotatable bonds is 7. The highest BCUT2D eigenvalue weighted by Crippen LogP contribution is 2.29. The summed E-state index contributed by atoms with van der Waals surface area (Å²) in [6.45, 7) is 5.44. The zero-order chi connectivity index (χ0) is 13.0. The maximum absolute atomic E-state index is 5.39. The van der Waals surface area contributed by atoms with E-state index in [2.05, 4.69) is 32.1 Å². The normalized spacial score (nSPS) is 14.4. The predicted molar refractivity (Wildman–Crippen MR) is 71.2 cm³/mol. The van der Waals surface area contributed by atoms with Crippen LogP contribution in [0.2, 0.25) is 0 Å². The van der Waals surface area contributed by atoms with Gasteiger partial charge in [-0.15, -0.1) is 0 Å². The first-order valence-corrected chi connectivity index (χ1v) is 6.60. The molecule has 0 aliphatic heterocycles. The summed E-state index contributed by atoms with van der Waals surface area (Å²) in [4.78, 5) is 15.1. The van der Waals surface area contributed by atoms with Crippen LogP contribution in [0.1, 0.15) is 33.1 Å². The van der Waals surface area contributed by atoms with Gasteiger partial charge in [-0.25, -0.2) is 0 Å². The van der Waals surface area contributed by atoms with E-state index in [1.54, 1.807) is 0 Å². The van der Waals surface area contributed by atoms with Crippen molar-refractivity contribution in [2.45, 2.75) is 39.2 Å². The van der Waals surface area contributed by atoms with Gasteiger partial charge in [0.25, 0.3) is 0 Å². The van der Waals surface area contributed by atoms with Crippen molar-refractivity contribution >= 4 is 11.9 Å². The van der Waals surface area contributed by atoms with E-state index in [-0.39, 0.29) is 0 Å². The molecule has 0 saturated heterocycles. The third-order valence-corrected chi connectivity index (χ3v) is 2.82. The topological polar surface area (TPSA) is 63.2 Å². The molecule has 1 aliphatic carbocycles. The molecule has 0 atom stereocenters. The number of aromatic nitrogens is 3. The van der Waals surface area contributed by atoms with E-state index >= 15 is 0 Å². The van der Waals surface area contributed by atoms with E-state index in [1.807, 2.05) is 14.0 Å². The second kappa shape index (κ2) is 5.84. The van der Waals surface area contributed by atoms with Gasteiger partial charge in [0.05, 0.1) is 6.61 Å². The van der Waals surface area contributed by atoms with Gasteiger partial charge in [0, 0.05) is 19.6 Å². The molecule has 0 bridgehead atoms. The molecule has 1 heterocycles. The Bertz CT molecular complexity index is 394. The van der Waals surface area contributed by atoms with Crippen LogP contribution in [0.15, 0.2) is 0 Å². The summed E-state index contributed by atoms with van der Waals surface area (Å²) in [7, 11) is 2.02. The number of nitrogens with zero attached hydrogens (tertiary/aromatic N) is 4. The minimum absolute atomic E-state index is 0.397. The molecule has 0 spiro atoms.